The molecule has 0 atom stereocenters. The second-order valence-corrected chi connectivity index (χ2v) is 9.34. The highest BCUT2D eigenvalue weighted by Gasteiger charge is 2.16. The molecule has 0 aliphatic rings. The van der Waals surface area contributed by atoms with Gasteiger partial charge in [0.2, 0.25) is 5.91 Å². The molecule has 2 aromatic heterocycles. The summed E-state index contributed by atoms with van der Waals surface area (Å²) >= 11 is 9.71. The van der Waals surface area contributed by atoms with Gasteiger partial charge in [-0.2, -0.15) is 0 Å². The van der Waals surface area contributed by atoms with Crippen molar-refractivity contribution in [1.29, 1.82) is 0 Å². The van der Waals surface area contributed by atoms with Crippen molar-refractivity contribution in [3.63, 3.8) is 0 Å². The highest BCUT2D eigenvalue weighted by molar-refractivity contribution is 7.98. The number of carbonyl (C=O) groups excluding carboxylic acids is 1. The Hall–Kier alpha value is -1.77. The van der Waals surface area contributed by atoms with Crippen molar-refractivity contribution >= 4 is 51.9 Å². The number of nitrogens with two attached hydrogens (primary N) is 1. The molecule has 3 rings (SSSR count). The molecule has 1 amide bonds. The van der Waals surface area contributed by atoms with E-state index in [1.165, 1.54) is 0 Å². The van der Waals surface area contributed by atoms with Gasteiger partial charge in [0.25, 0.3) is 0 Å². The van der Waals surface area contributed by atoms with E-state index in [4.69, 9.17) is 17.3 Å². The van der Waals surface area contributed by atoms with Crippen molar-refractivity contribution < 1.29 is 4.79 Å². The van der Waals surface area contributed by atoms with E-state index in [-0.39, 0.29) is 12.3 Å². The lowest BCUT2D eigenvalue weighted by Crippen LogP contribution is -2.15. The summed E-state index contributed by atoms with van der Waals surface area (Å²) in [5.74, 6) is 1.51. The molecule has 0 spiro atoms. The van der Waals surface area contributed by atoms with Crippen LogP contribution in [0.2, 0.25) is 5.15 Å². The molecule has 1 aromatic carbocycles. The summed E-state index contributed by atoms with van der Waals surface area (Å²) in [4.78, 5) is 16.9. The number of thioether (sulfide) groups is 2. The molecule has 2 N–H and O–H groups in total. The number of benzene rings is 1. The van der Waals surface area contributed by atoms with Gasteiger partial charge in [-0.1, -0.05) is 43.3 Å². The minimum atomic E-state index is -0.336. The van der Waals surface area contributed by atoms with E-state index in [1.807, 2.05) is 12.3 Å². The number of fused-ring (bicyclic) bond motifs is 1. The van der Waals surface area contributed by atoms with E-state index in [9.17, 15) is 4.79 Å². The standard InChI is InChI=1S/C20H24ClN5OS2/c1-12(2)10-26-18(7-6-17(22)27)24-25-20(26)29-11-14-8-13-4-5-15(28-3)9-16(13)23-19(14)21/h4-5,8-9,12H,6-7,10-11H2,1-3H3,(H2,22,27). The van der Waals surface area contributed by atoms with Crippen LogP contribution in [0.5, 0.6) is 0 Å². The maximum Gasteiger partial charge on any atom is 0.217 e. The SMILES string of the molecule is CSc1ccc2cc(CSc3nnc(CCC(N)=O)n3CC(C)C)c(Cl)nc2c1. The first-order chi connectivity index (χ1) is 13.9. The smallest absolute Gasteiger partial charge is 0.217 e. The van der Waals surface area contributed by atoms with E-state index in [1.54, 1.807) is 23.5 Å². The third-order valence-corrected chi connectivity index (χ3v) is 6.41. The molecular formula is C20H24ClN5OS2. The van der Waals surface area contributed by atoms with Gasteiger partial charge in [-0.15, -0.1) is 22.0 Å². The highest BCUT2D eigenvalue weighted by atomic mass is 35.5. The monoisotopic (exact) mass is 449 g/mol. The van der Waals surface area contributed by atoms with E-state index in [0.717, 1.165) is 38.9 Å². The zero-order valence-electron chi connectivity index (χ0n) is 16.7. The number of nitrogens with zero attached hydrogens (tertiary/aromatic N) is 4. The Morgan fingerprint density at radius 2 is 2.07 bits per heavy atom. The van der Waals surface area contributed by atoms with E-state index in [0.29, 0.717) is 23.2 Å². The lowest BCUT2D eigenvalue weighted by atomic mass is 10.2. The number of primary amides is 1. The summed E-state index contributed by atoms with van der Waals surface area (Å²) in [5, 5.41) is 11.0. The Morgan fingerprint density at radius 3 is 2.76 bits per heavy atom. The zero-order valence-corrected chi connectivity index (χ0v) is 19.1. The summed E-state index contributed by atoms with van der Waals surface area (Å²) in [5.41, 5.74) is 7.14. The predicted molar refractivity (Wildman–Crippen MR) is 120 cm³/mol. The molecule has 0 fully saturated rings. The number of pyridine rings is 1. The highest BCUT2D eigenvalue weighted by Crippen LogP contribution is 2.30. The number of rotatable bonds is 9. The van der Waals surface area contributed by atoms with Crippen molar-refractivity contribution in [2.75, 3.05) is 6.26 Å². The Balaban J connectivity index is 1.81. The van der Waals surface area contributed by atoms with Gasteiger partial charge in [0.15, 0.2) is 5.16 Å². The fraction of sp³-hybridized carbons (Fsp3) is 0.400. The second kappa shape index (κ2) is 9.82. The summed E-state index contributed by atoms with van der Waals surface area (Å²) < 4.78 is 2.07. The first kappa shape index (κ1) is 21.9. The number of aryl methyl sites for hydroxylation is 1. The van der Waals surface area contributed by atoms with Gasteiger partial charge in [0.05, 0.1) is 5.52 Å². The largest absolute Gasteiger partial charge is 0.370 e. The van der Waals surface area contributed by atoms with Crippen molar-refractivity contribution in [2.24, 2.45) is 11.7 Å². The van der Waals surface area contributed by atoms with Crippen molar-refractivity contribution in [1.82, 2.24) is 19.7 Å². The molecule has 0 unspecified atom stereocenters. The van der Waals surface area contributed by atoms with E-state index in [2.05, 4.69) is 51.8 Å². The minimum absolute atomic E-state index is 0.263. The predicted octanol–water partition coefficient (Wildman–Crippen LogP) is 4.57. The van der Waals surface area contributed by atoms with Crippen LogP contribution in [0.3, 0.4) is 0 Å². The van der Waals surface area contributed by atoms with Crippen LogP contribution in [-0.4, -0.2) is 31.9 Å². The lowest BCUT2D eigenvalue weighted by molar-refractivity contribution is -0.118. The number of halogens is 1. The molecule has 0 saturated carbocycles. The van der Waals surface area contributed by atoms with Crippen molar-refractivity contribution in [3.05, 3.63) is 40.8 Å². The zero-order chi connectivity index (χ0) is 21.0. The maximum absolute atomic E-state index is 11.1. The van der Waals surface area contributed by atoms with Crippen LogP contribution in [0.1, 0.15) is 31.7 Å². The number of carbonyl (C=O) groups is 1. The number of hydrogen-bond donors (Lipinski definition) is 1. The van der Waals surface area contributed by atoms with Crippen LogP contribution in [0.25, 0.3) is 10.9 Å². The summed E-state index contributed by atoms with van der Waals surface area (Å²) in [6, 6.07) is 8.29. The van der Waals surface area contributed by atoms with E-state index >= 15 is 0 Å². The average molecular weight is 450 g/mol. The minimum Gasteiger partial charge on any atom is -0.370 e. The summed E-state index contributed by atoms with van der Waals surface area (Å²) in [7, 11) is 0. The normalized spacial score (nSPS) is 11.5. The molecule has 29 heavy (non-hydrogen) atoms. The van der Waals surface area contributed by atoms with Gasteiger partial charge < -0.3 is 10.3 Å². The number of hydrogen-bond acceptors (Lipinski definition) is 6. The number of amides is 1. The Morgan fingerprint density at radius 1 is 1.28 bits per heavy atom. The van der Waals surface area contributed by atoms with Crippen LogP contribution >= 0.6 is 35.1 Å². The van der Waals surface area contributed by atoms with Gasteiger partial charge in [0, 0.05) is 41.0 Å². The fourth-order valence-electron chi connectivity index (χ4n) is 2.93. The van der Waals surface area contributed by atoms with Crippen LogP contribution in [-0.2, 0) is 23.5 Å². The Bertz CT molecular complexity index is 1020. The molecule has 154 valence electrons. The van der Waals surface area contributed by atoms with Crippen LogP contribution in [0.15, 0.2) is 34.3 Å². The first-order valence-corrected chi connectivity index (χ1v) is 11.9. The third-order valence-electron chi connectivity index (χ3n) is 4.34. The third kappa shape index (κ3) is 5.65. The van der Waals surface area contributed by atoms with Crippen LogP contribution in [0, 0.1) is 5.92 Å². The summed E-state index contributed by atoms with van der Waals surface area (Å²) in [6.07, 6.45) is 2.80. The van der Waals surface area contributed by atoms with E-state index < -0.39 is 0 Å². The van der Waals surface area contributed by atoms with Crippen LogP contribution < -0.4 is 5.73 Å². The molecule has 6 nitrogen and oxygen atoms in total. The van der Waals surface area contributed by atoms with Gasteiger partial charge in [-0.3, -0.25) is 4.79 Å². The lowest BCUT2D eigenvalue weighted by Gasteiger charge is -2.12. The maximum atomic E-state index is 11.1. The van der Waals surface area contributed by atoms with Crippen molar-refractivity contribution in [3.8, 4) is 0 Å². The number of aromatic nitrogens is 4. The molecule has 0 bridgehead atoms. The molecule has 0 radical (unpaired) electrons. The first-order valence-electron chi connectivity index (χ1n) is 9.33. The molecular weight excluding hydrogens is 426 g/mol. The topological polar surface area (TPSA) is 86.7 Å². The second-order valence-electron chi connectivity index (χ2n) is 7.16. The van der Waals surface area contributed by atoms with Crippen molar-refractivity contribution in [2.45, 2.75) is 49.0 Å². The van der Waals surface area contributed by atoms with Gasteiger partial charge >= 0.3 is 0 Å². The van der Waals surface area contributed by atoms with Gasteiger partial charge in [-0.05, 0) is 30.4 Å². The summed E-state index contributed by atoms with van der Waals surface area (Å²) in [6.45, 7) is 5.06. The molecule has 0 aliphatic heterocycles. The average Bonchev–Trinajstić information content (AvgIpc) is 3.05. The quantitative estimate of drug-likeness (QED) is 0.380. The Labute approximate surface area is 184 Å². The molecule has 9 heteroatoms. The fourth-order valence-corrected chi connectivity index (χ4v) is 4.60. The van der Waals surface area contributed by atoms with Gasteiger partial charge in [-0.25, -0.2) is 4.98 Å². The Kier molecular flexibility index (Phi) is 7.43. The van der Waals surface area contributed by atoms with Crippen LogP contribution in [0.4, 0.5) is 0 Å². The molecule has 2 heterocycles. The van der Waals surface area contributed by atoms with Gasteiger partial charge in [0.1, 0.15) is 11.0 Å². The molecule has 3 aromatic rings. The molecule has 0 aliphatic carbocycles. The molecule has 0 saturated heterocycles.